The number of amides is 1. The summed E-state index contributed by atoms with van der Waals surface area (Å²) in [6, 6.07) is 11.7. The molecular formula is C19H24N4O2. The van der Waals surface area contributed by atoms with E-state index in [0.717, 1.165) is 43.2 Å². The third-order valence-corrected chi connectivity index (χ3v) is 4.31. The van der Waals surface area contributed by atoms with Gasteiger partial charge < -0.3 is 14.5 Å². The molecule has 0 N–H and O–H groups in total. The molecule has 1 aromatic carbocycles. The van der Waals surface area contributed by atoms with Crippen LogP contribution < -0.4 is 9.64 Å². The van der Waals surface area contributed by atoms with Crippen molar-refractivity contribution in [2.45, 2.75) is 19.8 Å². The molecule has 1 fully saturated rings. The van der Waals surface area contributed by atoms with Gasteiger partial charge in [-0.05, 0) is 43.2 Å². The quantitative estimate of drug-likeness (QED) is 0.836. The van der Waals surface area contributed by atoms with E-state index in [1.165, 1.54) is 0 Å². The van der Waals surface area contributed by atoms with E-state index in [-0.39, 0.29) is 5.91 Å². The van der Waals surface area contributed by atoms with E-state index >= 15 is 0 Å². The van der Waals surface area contributed by atoms with Gasteiger partial charge in [-0.1, -0.05) is 12.1 Å². The lowest BCUT2D eigenvalue weighted by atomic mass is 10.2. The van der Waals surface area contributed by atoms with Gasteiger partial charge in [0.05, 0.1) is 13.0 Å². The van der Waals surface area contributed by atoms with Crippen LogP contribution in [0.2, 0.25) is 0 Å². The molecule has 1 aliphatic heterocycles. The lowest BCUT2D eigenvalue weighted by Crippen LogP contribution is -2.36. The van der Waals surface area contributed by atoms with Crippen LogP contribution in [0.15, 0.2) is 42.6 Å². The molecule has 0 radical (unpaired) electrons. The van der Waals surface area contributed by atoms with Crippen LogP contribution in [0.1, 0.15) is 18.4 Å². The topological polar surface area (TPSA) is 58.6 Å². The van der Waals surface area contributed by atoms with Gasteiger partial charge >= 0.3 is 0 Å². The first-order valence-electron chi connectivity index (χ1n) is 8.72. The molecule has 6 nitrogen and oxygen atoms in total. The summed E-state index contributed by atoms with van der Waals surface area (Å²) in [6.07, 6.45) is 3.01. The number of hydrogen-bond donors (Lipinski definition) is 0. The lowest BCUT2D eigenvalue weighted by Gasteiger charge is -2.22. The average molecular weight is 340 g/mol. The minimum atomic E-state index is 0.147. The predicted molar refractivity (Wildman–Crippen MR) is 96.7 cm³/mol. The van der Waals surface area contributed by atoms with Crippen LogP contribution >= 0.6 is 0 Å². The number of benzene rings is 1. The van der Waals surface area contributed by atoms with Gasteiger partial charge in [-0.15, -0.1) is 5.10 Å². The van der Waals surface area contributed by atoms with Gasteiger partial charge in [-0.25, -0.2) is 0 Å². The summed E-state index contributed by atoms with van der Waals surface area (Å²) in [4.78, 5) is 16.6. The molecule has 1 aliphatic rings. The van der Waals surface area contributed by atoms with Gasteiger partial charge in [0.15, 0.2) is 5.82 Å². The number of ether oxygens (including phenoxy) is 1. The number of aromatic nitrogens is 2. The molecular weight excluding hydrogens is 316 g/mol. The molecule has 3 rings (SSSR count). The first-order valence-corrected chi connectivity index (χ1v) is 8.72. The zero-order chi connectivity index (χ0) is 17.5. The molecule has 1 saturated heterocycles. The van der Waals surface area contributed by atoms with Gasteiger partial charge in [0.2, 0.25) is 5.91 Å². The molecule has 0 spiro atoms. The second-order valence-electron chi connectivity index (χ2n) is 6.22. The number of anilines is 1. The van der Waals surface area contributed by atoms with Crippen LogP contribution in [0.25, 0.3) is 0 Å². The van der Waals surface area contributed by atoms with Crippen molar-refractivity contribution in [2.75, 3.05) is 37.7 Å². The zero-order valence-corrected chi connectivity index (χ0v) is 14.6. The Balaban J connectivity index is 1.46. The molecule has 132 valence electrons. The lowest BCUT2D eigenvalue weighted by molar-refractivity contribution is -0.131. The highest BCUT2D eigenvalue weighted by Gasteiger charge is 2.19. The summed E-state index contributed by atoms with van der Waals surface area (Å²) in [6.45, 7) is 5.59. The molecule has 0 atom stereocenters. The third kappa shape index (κ3) is 4.92. The summed E-state index contributed by atoms with van der Waals surface area (Å²) in [5.74, 6) is 1.84. The van der Waals surface area contributed by atoms with E-state index in [0.29, 0.717) is 19.6 Å². The van der Waals surface area contributed by atoms with Gasteiger partial charge in [0.25, 0.3) is 0 Å². The second kappa shape index (κ2) is 8.46. The van der Waals surface area contributed by atoms with Crippen molar-refractivity contribution in [3.63, 3.8) is 0 Å². The monoisotopic (exact) mass is 340 g/mol. The van der Waals surface area contributed by atoms with Crippen molar-refractivity contribution in [3.8, 4) is 5.75 Å². The third-order valence-electron chi connectivity index (χ3n) is 4.31. The minimum absolute atomic E-state index is 0.147. The van der Waals surface area contributed by atoms with Crippen molar-refractivity contribution in [2.24, 2.45) is 0 Å². The Morgan fingerprint density at radius 2 is 2.08 bits per heavy atom. The average Bonchev–Trinajstić information content (AvgIpc) is 2.89. The normalized spacial score (nSPS) is 14.9. The van der Waals surface area contributed by atoms with E-state index in [9.17, 15) is 4.79 Å². The molecule has 0 aliphatic carbocycles. The van der Waals surface area contributed by atoms with Crippen LogP contribution in [0.5, 0.6) is 5.75 Å². The Morgan fingerprint density at radius 3 is 2.88 bits per heavy atom. The molecule has 0 bridgehead atoms. The fraction of sp³-hybridized carbons (Fsp3) is 0.421. The number of rotatable bonds is 5. The van der Waals surface area contributed by atoms with E-state index in [1.54, 1.807) is 6.20 Å². The Kier molecular flexibility index (Phi) is 5.82. The van der Waals surface area contributed by atoms with Gasteiger partial charge in [0, 0.05) is 32.4 Å². The summed E-state index contributed by atoms with van der Waals surface area (Å²) in [5, 5.41) is 8.09. The summed E-state index contributed by atoms with van der Waals surface area (Å²) in [7, 11) is 0. The molecule has 0 unspecified atom stereocenters. The van der Waals surface area contributed by atoms with Crippen molar-refractivity contribution in [3.05, 3.63) is 48.2 Å². The highest BCUT2D eigenvalue weighted by Crippen LogP contribution is 2.14. The maximum Gasteiger partial charge on any atom is 0.226 e. The van der Waals surface area contributed by atoms with Gasteiger partial charge in [0.1, 0.15) is 5.75 Å². The van der Waals surface area contributed by atoms with Crippen molar-refractivity contribution >= 4 is 11.7 Å². The van der Waals surface area contributed by atoms with Gasteiger partial charge in [-0.3, -0.25) is 4.79 Å². The maximum absolute atomic E-state index is 12.5. The fourth-order valence-corrected chi connectivity index (χ4v) is 2.98. The van der Waals surface area contributed by atoms with E-state index in [4.69, 9.17) is 4.74 Å². The summed E-state index contributed by atoms with van der Waals surface area (Å²) >= 11 is 0. The highest BCUT2D eigenvalue weighted by molar-refractivity contribution is 5.76. The molecule has 6 heteroatoms. The van der Waals surface area contributed by atoms with Crippen molar-refractivity contribution in [1.29, 1.82) is 0 Å². The van der Waals surface area contributed by atoms with Crippen LogP contribution in [0, 0.1) is 6.92 Å². The van der Waals surface area contributed by atoms with Crippen molar-refractivity contribution < 1.29 is 9.53 Å². The van der Waals surface area contributed by atoms with Crippen LogP contribution in [-0.2, 0) is 4.79 Å². The Morgan fingerprint density at radius 1 is 1.16 bits per heavy atom. The van der Waals surface area contributed by atoms with Gasteiger partial charge in [-0.2, -0.15) is 5.10 Å². The fourth-order valence-electron chi connectivity index (χ4n) is 2.98. The molecule has 2 aromatic rings. The SMILES string of the molecule is Cc1cccc(OCCC(=O)N2CCCN(c3cccnn3)CC2)c1. The largest absolute Gasteiger partial charge is 0.493 e. The zero-order valence-electron chi connectivity index (χ0n) is 14.6. The minimum Gasteiger partial charge on any atom is -0.493 e. The second-order valence-corrected chi connectivity index (χ2v) is 6.22. The first-order chi connectivity index (χ1) is 12.2. The summed E-state index contributed by atoms with van der Waals surface area (Å²) < 4.78 is 5.69. The highest BCUT2D eigenvalue weighted by atomic mass is 16.5. The number of aryl methyl sites for hydroxylation is 1. The Hall–Kier alpha value is -2.63. The van der Waals surface area contributed by atoms with Crippen molar-refractivity contribution in [1.82, 2.24) is 15.1 Å². The first kappa shape index (κ1) is 17.2. The summed E-state index contributed by atoms with van der Waals surface area (Å²) in [5.41, 5.74) is 1.15. The Bertz CT molecular complexity index is 693. The number of carbonyl (C=O) groups is 1. The standard InChI is InChI=1S/C19H24N4O2/c1-16-5-2-6-17(15-16)25-14-8-19(24)23-11-4-10-22(12-13-23)18-7-3-9-20-21-18/h2-3,5-7,9,15H,4,8,10-14H2,1H3. The van der Waals surface area contributed by atoms with E-state index < -0.39 is 0 Å². The molecule has 1 amide bonds. The number of hydrogen-bond acceptors (Lipinski definition) is 5. The Labute approximate surface area is 148 Å². The molecule has 25 heavy (non-hydrogen) atoms. The maximum atomic E-state index is 12.5. The van der Waals surface area contributed by atoms with Crippen LogP contribution in [0.3, 0.4) is 0 Å². The molecule has 1 aromatic heterocycles. The molecule has 0 saturated carbocycles. The van der Waals surface area contributed by atoms with E-state index in [1.807, 2.05) is 48.2 Å². The smallest absolute Gasteiger partial charge is 0.226 e. The van der Waals surface area contributed by atoms with Crippen LogP contribution in [-0.4, -0.2) is 53.8 Å². The number of nitrogens with zero attached hydrogens (tertiary/aromatic N) is 4. The number of carbonyl (C=O) groups excluding carboxylic acids is 1. The van der Waals surface area contributed by atoms with Crippen LogP contribution in [0.4, 0.5) is 5.82 Å². The van der Waals surface area contributed by atoms with E-state index in [2.05, 4.69) is 15.1 Å². The predicted octanol–water partition coefficient (Wildman–Crippen LogP) is 2.29. The molecule has 2 heterocycles.